The summed E-state index contributed by atoms with van der Waals surface area (Å²) in [5.41, 5.74) is 12.0. The smallest absolute Gasteiger partial charge is 0.0465 e. The molecular weight excluding hydrogens is 245 g/mol. The summed E-state index contributed by atoms with van der Waals surface area (Å²) in [7, 11) is 0. The van der Waals surface area contributed by atoms with E-state index in [9.17, 15) is 0 Å². The van der Waals surface area contributed by atoms with Crippen LogP contribution in [0.15, 0.2) is 18.2 Å². The Kier molecular flexibility index (Phi) is 6.09. The molecule has 0 heterocycles. The highest BCUT2D eigenvalue weighted by Crippen LogP contribution is 2.25. The van der Waals surface area contributed by atoms with E-state index in [2.05, 4.69) is 4.90 Å². The van der Waals surface area contributed by atoms with E-state index in [0.29, 0.717) is 29.7 Å². The maximum absolute atomic E-state index is 6.10. The average Bonchev–Trinajstić information content (AvgIpc) is 2.24. The van der Waals surface area contributed by atoms with Gasteiger partial charge in [0.25, 0.3) is 0 Å². The van der Waals surface area contributed by atoms with Crippen LogP contribution in [0.25, 0.3) is 0 Å². The van der Waals surface area contributed by atoms with Gasteiger partial charge >= 0.3 is 0 Å². The third kappa shape index (κ3) is 3.92. The summed E-state index contributed by atoms with van der Waals surface area (Å²) in [6.07, 6.45) is 0. The van der Waals surface area contributed by atoms with Crippen LogP contribution in [0.4, 0.5) is 0 Å². The van der Waals surface area contributed by atoms with Crippen LogP contribution in [0.3, 0.4) is 0 Å². The second kappa shape index (κ2) is 7.09. The first-order chi connectivity index (χ1) is 7.69. The minimum absolute atomic E-state index is 0.599. The summed E-state index contributed by atoms with van der Waals surface area (Å²) in [6.45, 7) is 3.47. The Labute approximate surface area is 106 Å². The average molecular weight is 262 g/mol. The van der Waals surface area contributed by atoms with Gasteiger partial charge in [0.15, 0.2) is 0 Å². The summed E-state index contributed by atoms with van der Waals surface area (Å²) in [4.78, 5) is 2.15. The van der Waals surface area contributed by atoms with Gasteiger partial charge in [0.2, 0.25) is 0 Å². The van der Waals surface area contributed by atoms with E-state index in [1.165, 1.54) is 0 Å². The molecule has 90 valence electrons. The van der Waals surface area contributed by atoms with Crippen molar-refractivity contribution < 1.29 is 0 Å². The molecule has 0 aliphatic carbocycles. The topological polar surface area (TPSA) is 55.3 Å². The highest BCUT2D eigenvalue weighted by Gasteiger charge is 2.10. The van der Waals surface area contributed by atoms with Crippen molar-refractivity contribution in [1.29, 1.82) is 0 Å². The normalized spacial score (nSPS) is 11.1. The molecule has 3 nitrogen and oxygen atoms in total. The molecule has 0 spiro atoms. The van der Waals surface area contributed by atoms with Crippen LogP contribution in [0.1, 0.15) is 5.56 Å². The fraction of sp³-hybridized carbons (Fsp3) is 0.455. The maximum Gasteiger partial charge on any atom is 0.0465 e. The number of nitrogens with two attached hydrogens (primary N) is 2. The Morgan fingerprint density at radius 3 is 1.94 bits per heavy atom. The largest absolute Gasteiger partial charge is 0.329 e. The van der Waals surface area contributed by atoms with Crippen molar-refractivity contribution in [1.82, 2.24) is 4.90 Å². The molecule has 0 amide bonds. The lowest BCUT2D eigenvalue weighted by molar-refractivity contribution is 0.281. The van der Waals surface area contributed by atoms with E-state index in [4.69, 9.17) is 34.7 Å². The molecule has 0 aliphatic heterocycles. The zero-order valence-electron chi connectivity index (χ0n) is 9.13. The molecular formula is C11H17Cl2N3. The van der Waals surface area contributed by atoms with Gasteiger partial charge in [0, 0.05) is 48.3 Å². The van der Waals surface area contributed by atoms with Gasteiger partial charge < -0.3 is 11.5 Å². The first-order valence-corrected chi connectivity index (χ1v) is 6.00. The summed E-state index contributed by atoms with van der Waals surface area (Å²) >= 11 is 12.2. The number of hydrogen-bond donors (Lipinski definition) is 2. The van der Waals surface area contributed by atoms with Crippen LogP contribution < -0.4 is 11.5 Å². The van der Waals surface area contributed by atoms with Crippen LogP contribution in [0.2, 0.25) is 10.0 Å². The standard InChI is InChI=1S/C11H17Cl2N3/c12-10-2-1-3-11(13)9(10)8-16(6-4-14)7-5-15/h1-3H,4-8,14-15H2. The molecule has 0 bridgehead atoms. The molecule has 0 aliphatic rings. The number of rotatable bonds is 6. The molecule has 1 aromatic rings. The predicted molar refractivity (Wildman–Crippen MR) is 69.8 cm³/mol. The summed E-state index contributed by atoms with van der Waals surface area (Å²) in [5.74, 6) is 0. The molecule has 5 heteroatoms. The monoisotopic (exact) mass is 261 g/mol. The zero-order chi connectivity index (χ0) is 12.0. The second-order valence-corrected chi connectivity index (χ2v) is 4.37. The van der Waals surface area contributed by atoms with Crippen molar-refractivity contribution >= 4 is 23.2 Å². The summed E-state index contributed by atoms with van der Waals surface area (Å²) in [5, 5.41) is 1.37. The zero-order valence-corrected chi connectivity index (χ0v) is 10.6. The fourth-order valence-electron chi connectivity index (χ4n) is 1.54. The summed E-state index contributed by atoms with van der Waals surface area (Å²) in [6, 6.07) is 5.52. The van der Waals surface area contributed by atoms with Crippen molar-refractivity contribution in [2.24, 2.45) is 11.5 Å². The maximum atomic E-state index is 6.10. The molecule has 0 unspecified atom stereocenters. The van der Waals surface area contributed by atoms with Gasteiger partial charge in [0.05, 0.1) is 0 Å². The van der Waals surface area contributed by atoms with Gasteiger partial charge in [-0.25, -0.2) is 0 Å². The molecule has 1 aromatic carbocycles. The highest BCUT2D eigenvalue weighted by molar-refractivity contribution is 6.35. The fourth-order valence-corrected chi connectivity index (χ4v) is 2.06. The third-order valence-corrected chi connectivity index (χ3v) is 3.04. The predicted octanol–water partition coefficient (Wildman–Crippen LogP) is 1.71. The minimum Gasteiger partial charge on any atom is -0.329 e. The van der Waals surface area contributed by atoms with Gasteiger partial charge in [-0.2, -0.15) is 0 Å². The molecule has 0 aromatic heterocycles. The van der Waals surface area contributed by atoms with Gasteiger partial charge in [-0.05, 0) is 12.1 Å². The Bertz CT molecular complexity index is 305. The highest BCUT2D eigenvalue weighted by atomic mass is 35.5. The van der Waals surface area contributed by atoms with Crippen LogP contribution in [-0.4, -0.2) is 31.1 Å². The van der Waals surface area contributed by atoms with Crippen molar-refractivity contribution in [3.8, 4) is 0 Å². The minimum atomic E-state index is 0.599. The lowest BCUT2D eigenvalue weighted by atomic mass is 10.2. The first-order valence-electron chi connectivity index (χ1n) is 5.24. The van der Waals surface area contributed by atoms with Gasteiger partial charge in [-0.15, -0.1) is 0 Å². The van der Waals surface area contributed by atoms with Crippen molar-refractivity contribution in [3.05, 3.63) is 33.8 Å². The number of hydrogen-bond acceptors (Lipinski definition) is 3. The van der Waals surface area contributed by atoms with E-state index in [1.807, 2.05) is 18.2 Å². The van der Waals surface area contributed by atoms with Crippen LogP contribution >= 0.6 is 23.2 Å². The lowest BCUT2D eigenvalue weighted by Gasteiger charge is -2.21. The number of benzene rings is 1. The molecule has 16 heavy (non-hydrogen) atoms. The lowest BCUT2D eigenvalue weighted by Crippen LogP contribution is -2.33. The van der Waals surface area contributed by atoms with Crippen molar-refractivity contribution in [3.63, 3.8) is 0 Å². The van der Waals surface area contributed by atoms with Gasteiger partial charge in [-0.1, -0.05) is 29.3 Å². The van der Waals surface area contributed by atoms with Gasteiger partial charge in [-0.3, -0.25) is 4.90 Å². The summed E-state index contributed by atoms with van der Waals surface area (Å²) < 4.78 is 0. The molecule has 0 atom stereocenters. The third-order valence-electron chi connectivity index (χ3n) is 2.33. The second-order valence-electron chi connectivity index (χ2n) is 3.55. The number of nitrogens with zero attached hydrogens (tertiary/aromatic N) is 1. The number of halogens is 2. The van der Waals surface area contributed by atoms with E-state index in [0.717, 1.165) is 18.7 Å². The molecule has 1 rings (SSSR count). The Morgan fingerprint density at radius 1 is 1.00 bits per heavy atom. The van der Waals surface area contributed by atoms with Crippen molar-refractivity contribution in [2.75, 3.05) is 26.2 Å². The van der Waals surface area contributed by atoms with Crippen LogP contribution in [-0.2, 0) is 6.54 Å². The Morgan fingerprint density at radius 2 is 1.50 bits per heavy atom. The van der Waals surface area contributed by atoms with E-state index in [-0.39, 0.29) is 0 Å². The van der Waals surface area contributed by atoms with E-state index in [1.54, 1.807) is 0 Å². The van der Waals surface area contributed by atoms with E-state index >= 15 is 0 Å². The Hall–Kier alpha value is -0.320. The van der Waals surface area contributed by atoms with E-state index < -0.39 is 0 Å². The van der Waals surface area contributed by atoms with Crippen LogP contribution in [0.5, 0.6) is 0 Å². The molecule has 4 N–H and O–H groups in total. The van der Waals surface area contributed by atoms with Crippen LogP contribution in [0, 0.1) is 0 Å². The van der Waals surface area contributed by atoms with Crippen molar-refractivity contribution in [2.45, 2.75) is 6.54 Å². The SMILES string of the molecule is NCCN(CCN)Cc1c(Cl)cccc1Cl. The first kappa shape index (κ1) is 13.7. The molecule has 0 saturated heterocycles. The van der Waals surface area contributed by atoms with Gasteiger partial charge in [0.1, 0.15) is 0 Å². The quantitative estimate of drug-likeness (QED) is 0.820. The molecule has 0 saturated carbocycles. The Balaban J connectivity index is 2.76. The molecule has 0 radical (unpaired) electrons. The molecule has 0 fully saturated rings.